The van der Waals surface area contributed by atoms with Gasteiger partial charge in [0.1, 0.15) is 0 Å². The Morgan fingerprint density at radius 3 is 2.14 bits per heavy atom. The number of nitrogens with two attached hydrogens (primary N) is 1. The highest BCUT2D eigenvalue weighted by atomic mass is 35.5. The molecule has 1 amide bonds. The molecule has 8 heteroatoms. The molecule has 2 fully saturated rings. The normalized spacial score (nSPS) is 25.9. The van der Waals surface area contributed by atoms with Crippen molar-refractivity contribution in [3.63, 3.8) is 0 Å². The SMILES string of the molecule is COC(=O)c1cc(OC)c(OC)cc1NC(=O)C1CC2CCCC(C1)C2N.Cl. The van der Waals surface area contributed by atoms with Gasteiger partial charge in [-0.2, -0.15) is 0 Å². The van der Waals surface area contributed by atoms with Gasteiger partial charge >= 0.3 is 5.97 Å². The Kier molecular flexibility index (Phi) is 7.55. The molecule has 0 heterocycles. The van der Waals surface area contributed by atoms with Crippen molar-refractivity contribution in [2.24, 2.45) is 23.5 Å². The number of benzene rings is 1. The second kappa shape index (κ2) is 9.47. The van der Waals surface area contributed by atoms with Gasteiger partial charge in [-0.3, -0.25) is 4.79 Å². The lowest BCUT2D eigenvalue weighted by molar-refractivity contribution is -0.122. The number of ether oxygens (including phenoxy) is 3. The van der Waals surface area contributed by atoms with Crippen LogP contribution in [-0.2, 0) is 9.53 Å². The van der Waals surface area contributed by atoms with Gasteiger partial charge in [0.2, 0.25) is 5.91 Å². The van der Waals surface area contributed by atoms with E-state index < -0.39 is 5.97 Å². The maximum atomic E-state index is 12.9. The van der Waals surface area contributed by atoms with E-state index in [-0.39, 0.29) is 35.8 Å². The molecule has 3 N–H and O–H groups in total. The average molecular weight is 413 g/mol. The van der Waals surface area contributed by atoms with Crippen molar-refractivity contribution in [3.05, 3.63) is 17.7 Å². The molecule has 0 aliphatic heterocycles. The molecule has 1 aromatic rings. The number of anilines is 1. The number of hydrogen-bond acceptors (Lipinski definition) is 6. The molecule has 2 saturated carbocycles. The summed E-state index contributed by atoms with van der Waals surface area (Å²) in [6.45, 7) is 0. The molecule has 2 aliphatic rings. The Bertz CT molecular complexity index is 713. The van der Waals surface area contributed by atoms with Crippen molar-refractivity contribution < 1.29 is 23.8 Å². The van der Waals surface area contributed by atoms with Crippen LogP contribution in [0, 0.1) is 17.8 Å². The predicted octanol–water partition coefficient (Wildman–Crippen LogP) is 3.00. The van der Waals surface area contributed by atoms with E-state index in [4.69, 9.17) is 19.9 Å². The first-order chi connectivity index (χ1) is 13.0. The summed E-state index contributed by atoms with van der Waals surface area (Å²) in [5, 5.41) is 2.91. The fourth-order valence-corrected chi connectivity index (χ4v) is 4.50. The van der Waals surface area contributed by atoms with Crippen molar-refractivity contribution in [2.75, 3.05) is 26.6 Å². The number of carbonyl (C=O) groups is 2. The molecule has 2 atom stereocenters. The van der Waals surface area contributed by atoms with E-state index in [0.717, 1.165) is 25.7 Å². The Hall–Kier alpha value is -1.99. The molecule has 0 radical (unpaired) electrons. The zero-order valence-corrected chi connectivity index (χ0v) is 17.3. The first-order valence-electron chi connectivity index (χ1n) is 9.39. The fourth-order valence-electron chi connectivity index (χ4n) is 4.50. The minimum Gasteiger partial charge on any atom is -0.493 e. The zero-order valence-electron chi connectivity index (χ0n) is 16.5. The van der Waals surface area contributed by atoms with Crippen molar-refractivity contribution in [2.45, 2.75) is 38.1 Å². The predicted molar refractivity (Wildman–Crippen MR) is 108 cm³/mol. The molecule has 0 saturated heterocycles. The van der Waals surface area contributed by atoms with Crippen LogP contribution in [0.5, 0.6) is 11.5 Å². The molecule has 7 nitrogen and oxygen atoms in total. The fraction of sp³-hybridized carbons (Fsp3) is 0.600. The molecule has 0 spiro atoms. The number of carbonyl (C=O) groups excluding carboxylic acids is 2. The summed E-state index contributed by atoms with van der Waals surface area (Å²) in [4.78, 5) is 25.1. The quantitative estimate of drug-likeness (QED) is 0.721. The maximum absolute atomic E-state index is 12.9. The number of esters is 1. The third kappa shape index (κ3) is 4.36. The van der Waals surface area contributed by atoms with Crippen molar-refractivity contribution in [1.29, 1.82) is 0 Å². The number of fused-ring (bicyclic) bond motifs is 2. The van der Waals surface area contributed by atoms with Gasteiger partial charge in [0.05, 0.1) is 32.6 Å². The first-order valence-corrected chi connectivity index (χ1v) is 9.39. The Balaban J connectivity index is 0.00000280. The van der Waals surface area contributed by atoms with Crippen LogP contribution in [0.2, 0.25) is 0 Å². The number of halogens is 1. The number of methoxy groups -OCH3 is 3. The van der Waals surface area contributed by atoms with Crippen LogP contribution in [0.3, 0.4) is 0 Å². The number of amides is 1. The summed E-state index contributed by atoms with van der Waals surface area (Å²) < 4.78 is 15.4. The standard InChI is InChI=1S/C20H28N2O5.ClH/c1-25-16-9-14(20(24)27-3)15(10-17(16)26-2)22-19(23)13-7-11-5-4-6-12(8-13)18(11)21;/h9-13,18H,4-8,21H2,1-3H3,(H,22,23);1H. The second-order valence-electron chi connectivity index (χ2n) is 7.43. The van der Waals surface area contributed by atoms with E-state index in [2.05, 4.69) is 5.32 Å². The van der Waals surface area contributed by atoms with E-state index >= 15 is 0 Å². The summed E-state index contributed by atoms with van der Waals surface area (Å²) in [7, 11) is 4.29. The van der Waals surface area contributed by atoms with Gasteiger partial charge < -0.3 is 25.3 Å². The van der Waals surface area contributed by atoms with Gasteiger partial charge in [0, 0.05) is 24.1 Å². The first kappa shape index (κ1) is 22.3. The lowest BCUT2D eigenvalue weighted by Crippen LogP contribution is -2.48. The van der Waals surface area contributed by atoms with Crippen LogP contribution in [-0.4, -0.2) is 39.2 Å². The second-order valence-corrected chi connectivity index (χ2v) is 7.43. The minimum atomic E-state index is -0.547. The zero-order chi connectivity index (χ0) is 19.6. The number of rotatable bonds is 5. The molecule has 2 bridgehead atoms. The highest BCUT2D eigenvalue weighted by molar-refractivity contribution is 6.02. The molecule has 0 aromatic heterocycles. The molecular formula is C20H29ClN2O5. The molecule has 2 unspecified atom stereocenters. The summed E-state index contributed by atoms with van der Waals surface area (Å²) in [5.41, 5.74) is 6.93. The Morgan fingerprint density at radius 1 is 1.04 bits per heavy atom. The molecule has 3 rings (SSSR count). The monoisotopic (exact) mass is 412 g/mol. The van der Waals surface area contributed by atoms with Crippen LogP contribution in [0.1, 0.15) is 42.5 Å². The lowest BCUT2D eigenvalue weighted by Gasteiger charge is -2.43. The summed E-state index contributed by atoms with van der Waals surface area (Å²) in [5.74, 6) is 0.901. The topological polar surface area (TPSA) is 99.9 Å². The van der Waals surface area contributed by atoms with Crippen molar-refractivity contribution in [3.8, 4) is 11.5 Å². The van der Waals surface area contributed by atoms with Gasteiger partial charge in [-0.25, -0.2) is 4.79 Å². The highest BCUT2D eigenvalue weighted by Gasteiger charge is 2.40. The van der Waals surface area contributed by atoms with Crippen LogP contribution in [0.15, 0.2) is 12.1 Å². The number of hydrogen-bond donors (Lipinski definition) is 2. The third-order valence-corrected chi connectivity index (χ3v) is 5.97. The Labute approximate surface area is 171 Å². The van der Waals surface area contributed by atoms with Crippen molar-refractivity contribution in [1.82, 2.24) is 0 Å². The molecule has 156 valence electrons. The summed E-state index contributed by atoms with van der Waals surface area (Å²) in [6, 6.07) is 3.32. The van der Waals surface area contributed by atoms with Crippen LogP contribution in [0.25, 0.3) is 0 Å². The number of nitrogens with one attached hydrogen (secondary N) is 1. The van der Waals surface area contributed by atoms with E-state index in [1.165, 1.54) is 33.8 Å². The minimum absolute atomic E-state index is 0. The van der Waals surface area contributed by atoms with Crippen LogP contribution >= 0.6 is 12.4 Å². The van der Waals surface area contributed by atoms with Crippen LogP contribution in [0.4, 0.5) is 5.69 Å². The molecular weight excluding hydrogens is 384 g/mol. The molecule has 2 aliphatic carbocycles. The van der Waals surface area contributed by atoms with Gasteiger partial charge in [0.25, 0.3) is 0 Å². The van der Waals surface area contributed by atoms with E-state index in [1.54, 1.807) is 6.07 Å². The van der Waals surface area contributed by atoms with Gasteiger partial charge in [-0.15, -0.1) is 12.4 Å². The van der Waals surface area contributed by atoms with Gasteiger partial charge in [-0.1, -0.05) is 6.42 Å². The summed E-state index contributed by atoms with van der Waals surface area (Å²) >= 11 is 0. The van der Waals surface area contributed by atoms with Gasteiger partial charge in [-0.05, 0) is 37.5 Å². The molecule has 28 heavy (non-hydrogen) atoms. The van der Waals surface area contributed by atoms with Crippen LogP contribution < -0.4 is 20.5 Å². The largest absolute Gasteiger partial charge is 0.493 e. The maximum Gasteiger partial charge on any atom is 0.340 e. The van der Waals surface area contributed by atoms with E-state index in [9.17, 15) is 9.59 Å². The third-order valence-electron chi connectivity index (χ3n) is 5.97. The van der Waals surface area contributed by atoms with Crippen molar-refractivity contribution >= 4 is 30.0 Å². The molecule has 1 aromatic carbocycles. The lowest BCUT2D eigenvalue weighted by atomic mass is 9.65. The highest BCUT2D eigenvalue weighted by Crippen LogP contribution is 2.42. The Morgan fingerprint density at radius 2 is 1.61 bits per heavy atom. The van der Waals surface area contributed by atoms with Gasteiger partial charge in [0.15, 0.2) is 11.5 Å². The summed E-state index contributed by atoms with van der Waals surface area (Å²) in [6.07, 6.45) is 4.96. The smallest absolute Gasteiger partial charge is 0.340 e. The van der Waals surface area contributed by atoms with E-state index in [0.29, 0.717) is 29.0 Å². The van der Waals surface area contributed by atoms with E-state index in [1.807, 2.05) is 0 Å². The average Bonchev–Trinajstić information content (AvgIpc) is 2.66.